The molecule has 2 heteroatoms. The smallest absolute Gasteiger partial charge is 0.113 e. The van der Waals surface area contributed by atoms with Crippen molar-refractivity contribution < 1.29 is 9.47 Å². The van der Waals surface area contributed by atoms with Crippen LogP contribution in [-0.4, -0.2) is 13.2 Å². The third-order valence-electron chi connectivity index (χ3n) is 4.52. The van der Waals surface area contributed by atoms with Crippen molar-refractivity contribution in [1.82, 2.24) is 0 Å². The van der Waals surface area contributed by atoms with Gasteiger partial charge >= 0.3 is 0 Å². The SMILES string of the molecule is CC(C)CCOC(c1ccccc1)C(OCCC(C)C)c1ccccc1. The zero-order valence-electron chi connectivity index (χ0n) is 16.7. The first-order valence-electron chi connectivity index (χ1n) is 9.91. The zero-order chi connectivity index (χ0) is 18.8. The summed E-state index contributed by atoms with van der Waals surface area (Å²) in [5, 5.41) is 0. The quantitative estimate of drug-likeness (QED) is 0.453. The largest absolute Gasteiger partial charge is 0.370 e. The van der Waals surface area contributed by atoms with Crippen molar-refractivity contribution in [2.75, 3.05) is 13.2 Å². The van der Waals surface area contributed by atoms with E-state index in [1.54, 1.807) is 0 Å². The topological polar surface area (TPSA) is 18.5 Å². The predicted octanol–water partition coefficient (Wildman–Crippen LogP) is 6.59. The van der Waals surface area contributed by atoms with Crippen molar-refractivity contribution in [3.05, 3.63) is 71.8 Å². The molecule has 2 unspecified atom stereocenters. The van der Waals surface area contributed by atoms with Crippen molar-refractivity contribution in [3.8, 4) is 0 Å². The molecule has 0 aromatic heterocycles. The van der Waals surface area contributed by atoms with Gasteiger partial charge in [-0.1, -0.05) is 88.4 Å². The van der Waals surface area contributed by atoms with Crippen LogP contribution in [0.3, 0.4) is 0 Å². The number of rotatable bonds is 11. The third kappa shape index (κ3) is 6.93. The predicted molar refractivity (Wildman–Crippen MR) is 109 cm³/mol. The van der Waals surface area contributed by atoms with E-state index in [0.29, 0.717) is 11.8 Å². The fourth-order valence-corrected chi connectivity index (χ4v) is 2.86. The van der Waals surface area contributed by atoms with Crippen LogP contribution >= 0.6 is 0 Å². The van der Waals surface area contributed by atoms with Gasteiger partial charge in [-0.05, 0) is 35.8 Å². The molecule has 0 amide bonds. The highest BCUT2D eigenvalue weighted by atomic mass is 16.5. The van der Waals surface area contributed by atoms with E-state index in [4.69, 9.17) is 9.47 Å². The molecule has 0 bridgehead atoms. The molecule has 2 atom stereocenters. The van der Waals surface area contributed by atoms with Gasteiger partial charge in [0.25, 0.3) is 0 Å². The Balaban J connectivity index is 2.23. The highest BCUT2D eigenvalue weighted by Crippen LogP contribution is 2.35. The van der Waals surface area contributed by atoms with Crippen molar-refractivity contribution in [2.24, 2.45) is 11.8 Å². The van der Waals surface area contributed by atoms with Gasteiger partial charge in [0.15, 0.2) is 0 Å². The molecule has 0 saturated carbocycles. The molecule has 142 valence electrons. The van der Waals surface area contributed by atoms with Gasteiger partial charge in [0.1, 0.15) is 12.2 Å². The number of ether oxygens (including phenoxy) is 2. The van der Waals surface area contributed by atoms with Gasteiger partial charge in [-0.3, -0.25) is 0 Å². The zero-order valence-corrected chi connectivity index (χ0v) is 16.7. The molecule has 2 aromatic carbocycles. The Bertz CT molecular complexity index is 537. The van der Waals surface area contributed by atoms with Crippen LogP contribution in [0.4, 0.5) is 0 Å². The summed E-state index contributed by atoms with van der Waals surface area (Å²) < 4.78 is 12.8. The molecule has 2 nitrogen and oxygen atoms in total. The van der Waals surface area contributed by atoms with Gasteiger partial charge in [0.05, 0.1) is 0 Å². The van der Waals surface area contributed by atoms with Crippen molar-refractivity contribution in [3.63, 3.8) is 0 Å². The Morgan fingerprint density at radius 2 is 0.923 bits per heavy atom. The number of benzene rings is 2. The highest BCUT2D eigenvalue weighted by molar-refractivity contribution is 5.25. The van der Waals surface area contributed by atoms with Crippen molar-refractivity contribution in [1.29, 1.82) is 0 Å². The lowest BCUT2D eigenvalue weighted by molar-refractivity contribution is -0.0822. The lowest BCUT2D eigenvalue weighted by Crippen LogP contribution is -2.20. The van der Waals surface area contributed by atoms with E-state index in [1.165, 1.54) is 11.1 Å². The molecule has 0 aliphatic heterocycles. The summed E-state index contributed by atoms with van der Waals surface area (Å²) in [6.07, 6.45) is 1.92. The minimum atomic E-state index is -0.0930. The second-order valence-corrected chi connectivity index (χ2v) is 7.77. The summed E-state index contributed by atoms with van der Waals surface area (Å²) in [7, 11) is 0. The van der Waals surface area contributed by atoms with Crippen LogP contribution in [0.15, 0.2) is 60.7 Å². The van der Waals surface area contributed by atoms with Crippen molar-refractivity contribution >= 4 is 0 Å². The lowest BCUT2D eigenvalue weighted by Gasteiger charge is -2.29. The molecule has 2 aromatic rings. The van der Waals surface area contributed by atoms with Crippen LogP contribution in [0.2, 0.25) is 0 Å². The molecule has 0 aliphatic carbocycles. The molecule has 0 radical (unpaired) electrons. The summed E-state index contributed by atoms with van der Waals surface area (Å²) in [5.74, 6) is 1.26. The molecular formula is C24H34O2. The summed E-state index contributed by atoms with van der Waals surface area (Å²) in [6, 6.07) is 21.0. The fraction of sp³-hybridized carbons (Fsp3) is 0.500. The summed E-state index contributed by atoms with van der Waals surface area (Å²) in [6.45, 7) is 10.4. The molecule has 26 heavy (non-hydrogen) atoms. The van der Waals surface area contributed by atoms with Gasteiger partial charge in [0, 0.05) is 13.2 Å². The van der Waals surface area contributed by atoms with Gasteiger partial charge < -0.3 is 9.47 Å². The molecule has 0 fully saturated rings. The Hall–Kier alpha value is -1.64. The van der Waals surface area contributed by atoms with Gasteiger partial charge in [-0.15, -0.1) is 0 Å². The number of hydrogen-bond donors (Lipinski definition) is 0. The van der Waals surface area contributed by atoms with Crippen LogP contribution in [0.25, 0.3) is 0 Å². The van der Waals surface area contributed by atoms with E-state index in [-0.39, 0.29) is 12.2 Å². The summed E-state index contributed by atoms with van der Waals surface area (Å²) in [4.78, 5) is 0. The lowest BCUT2D eigenvalue weighted by atomic mass is 9.97. The Labute approximate surface area is 159 Å². The van der Waals surface area contributed by atoms with Crippen molar-refractivity contribution in [2.45, 2.75) is 52.7 Å². The van der Waals surface area contributed by atoms with Crippen LogP contribution in [-0.2, 0) is 9.47 Å². The molecular weight excluding hydrogens is 320 g/mol. The first-order chi connectivity index (χ1) is 12.6. The summed E-state index contributed by atoms with van der Waals surface area (Å²) in [5.41, 5.74) is 2.35. The Morgan fingerprint density at radius 3 is 1.23 bits per heavy atom. The first-order valence-corrected chi connectivity index (χ1v) is 9.91. The normalized spacial score (nSPS) is 13.9. The maximum Gasteiger partial charge on any atom is 0.113 e. The molecule has 0 heterocycles. The Morgan fingerprint density at radius 1 is 0.577 bits per heavy atom. The summed E-state index contributed by atoms with van der Waals surface area (Å²) >= 11 is 0. The maximum atomic E-state index is 6.39. The third-order valence-corrected chi connectivity index (χ3v) is 4.52. The first kappa shape index (κ1) is 20.7. The molecule has 0 spiro atoms. The highest BCUT2D eigenvalue weighted by Gasteiger charge is 2.26. The molecule has 2 rings (SSSR count). The van der Waals surface area contributed by atoms with Gasteiger partial charge in [-0.25, -0.2) is 0 Å². The van der Waals surface area contributed by atoms with E-state index in [0.717, 1.165) is 26.1 Å². The van der Waals surface area contributed by atoms with Gasteiger partial charge in [0.2, 0.25) is 0 Å². The number of hydrogen-bond acceptors (Lipinski definition) is 2. The van der Waals surface area contributed by atoms with E-state index in [2.05, 4.69) is 76.2 Å². The second kappa shape index (κ2) is 11.2. The van der Waals surface area contributed by atoms with Crippen LogP contribution in [0, 0.1) is 11.8 Å². The average Bonchev–Trinajstić information content (AvgIpc) is 2.64. The van der Waals surface area contributed by atoms with E-state index in [1.807, 2.05) is 12.1 Å². The fourth-order valence-electron chi connectivity index (χ4n) is 2.86. The second-order valence-electron chi connectivity index (χ2n) is 7.77. The van der Waals surface area contributed by atoms with Crippen LogP contribution < -0.4 is 0 Å². The van der Waals surface area contributed by atoms with E-state index >= 15 is 0 Å². The monoisotopic (exact) mass is 354 g/mol. The standard InChI is InChI=1S/C24H34O2/c1-19(2)15-17-25-23(21-11-7-5-8-12-21)24(26-18-16-20(3)4)22-13-9-6-10-14-22/h5-14,19-20,23-24H,15-18H2,1-4H3. The Kier molecular flexibility index (Phi) is 8.87. The maximum absolute atomic E-state index is 6.39. The van der Waals surface area contributed by atoms with Crippen LogP contribution in [0.5, 0.6) is 0 Å². The average molecular weight is 355 g/mol. The van der Waals surface area contributed by atoms with E-state index < -0.39 is 0 Å². The molecule has 0 saturated heterocycles. The van der Waals surface area contributed by atoms with E-state index in [9.17, 15) is 0 Å². The minimum absolute atomic E-state index is 0.0930. The molecule has 0 N–H and O–H groups in total. The minimum Gasteiger partial charge on any atom is -0.370 e. The van der Waals surface area contributed by atoms with Crippen LogP contribution in [0.1, 0.15) is 63.9 Å². The van der Waals surface area contributed by atoms with Gasteiger partial charge in [-0.2, -0.15) is 0 Å². The molecule has 0 aliphatic rings.